The number of rotatable bonds is 3. The van der Waals surface area contributed by atoms with Crippen LogP contribution in [0.25, 0.3) is 0 Å². The minimum Gasteiger partial charge on any atom is -0.481 e. The Hall–Kier alpha value is -2.28. The molecule has 1 amide bonds. The highest BCUT2D eigenvalue weighted by atomic mass is 16.7. The summed E-state index contributed by atoms with van der Waals surface area (Å²) in [4.78, 5) is 26.2. The zero-order valence-corrected chi connectivity index (χ0v) is 13.8. The predicted octanol–water partition coefficient (Wildman–Crippen LogP) is 1.47. The van der Waals surface area contributed by atoms with Gasteiger partial charge in [0.2, 0.25) is 12.7 Å². The maximum absolute atomic E-state index is 12.8. The predicted molar refractivity (Wildman–Crippen MR) is 86.6 cm³/mol. The van der Waals surface area contributed by atoms with E-state index in [-0.39, 0.29) is 31.1 Å². The minimum atomic E-state index is -0.870. The molecule has 3 aliphatic rings. The molecule has 1 aromatic rings. The molecular formula is C18H21NO6. The molecule has 0 bridgehead atoms. The van der Waals surface area contributed by atoms with Crippen LogP contribution in [0.2, 0.25) is 0 Å². The molecule has 0 spiro atoms. The minimum absolute atomic E-state index is 0.0535. The lowest BCUT2D eigenvalue weighted by Gasteiger charge is -2.26. The van der Waals surface area contributed by atoms with Crippen molar-refractivity contribution >= 4 is 11.9 Å². The van der Waals surface area contributed by atoms with Gasteiger partial charge in [0, 0.05) is 38.1 Å². The zero-order chi connectivity index (χ0) is 17.4. The molecule has 7 nitrogen and oxygen atoms in total. The molecule has 2 saturated heterocycles. The van der Waals surface area contributed by atoms with Gasteiger partial charge in [-0.2, -0.15) is 0 Å². The van der Waals surface area contributed by atoms with Crippen LogP contribution in [0.1, 0.15) is 24.3 Å². The molecule has 3 heterocycles. The number of nitrogens with zero attached hydrogens (tertiary/aromatic N) is 1. The van der Waals surface area contributed by atoms with E-state index in [2.05, 4.69) is 0 Å². The normalized spacial score (nSPS) is 26.0. The number of aliphatic carboxylic acids is 1. The van der Waals surface area contributed by atoms with Crippen LogP contribution in [0, 0.1) is 11.8 Å². The monoisotopic (exact) mass is 347 g/mol. The number of ether oxygens (including phenoxy) is 3. The molecule has 25 heavy (non-hydrogen) atoms. The van der Waals surface area contributed by atoms with Gasteiger partial charge >= 0.3 is 5.97 Å². The Labute approximate surface area is 145 Å². The van der Waals surface area contributed by atoms with Crippen molar-refractivity contribution in [1.82, 2.24) is 4.90 Å². The van der Waals surface area contributed by atoms with Gasteiger partial charge in [-0.3, -0.25) is 9.59 Å². The van der Waals surface area contributed by atoms with Gasteiger partial charge in [-0.05, 0) is 30.5 Å². The lowest BCUT2D eigenvalue weighted by Crippen LogP contribution is -2.37. The van der Waals surface area contributed by atoms with E-state index in [0.717, 1.165) is 5.56 Å². The number of benzene rings is 1. The molecule has 2 atom stereocenters. The first kappa shape index (κ1) is 16.2. The SMILES string of the molecule is O=C(O)[C@@H]1CN(C(=O)C2CCOCC2)C[C@H]1c1ccc2c(c1)OCO2. The number of hydrogen-bond acceptors (Lipinski definition) is 5. The van der Waals surface area contributed by atoms with Crippen molar-refractivity contribution in [3.63, 3.8) is 0 Å². The van der Waals surface area contributed by atoms with Gasteiger partial charge in [-0.15, -0.1) is 0 Å². The largest absolute Gasteiger partial charge is 0.481 e. The molecule has 1 aromatic carbocycles. The fourth-order valence-electron chi connectivity index (χ4n) is 3.92. The Morgan fingerprint density at radius 1 is 1.08 bits per heavy atom. The van der Waals surface area contributed by atoms with E-state index in [0.29, 0.717) is 44.1 Å². The Kier molecular flexibility index (Phi) is 4.25. The second-order valence-electron chi connectivity index (χ2n) is 6.79. The number of carbonyl (C=O) groups is 2. The average Bonchev–Trinajstić information content (AvgIpc) is 3.28. The summed E-state index contributed by atoms with van der Waals surface area (Å²) in [5.41, 5.74) is 0.874. The molecule has 2 fully saturated rings. The number of carboxylic acids is 1. The van der Waals surface area contributed by atoms with Gasteiger partial charge < -0.3 is 24.2 Å². The first-order chi connectivity index (χ1) is 12.1. The first-order valence-corrected chi connectivity index (χ1v) is 8.62. The Morgan fingerprint density at radius 3 is 2.60 bits per heavy atom. The molecule has 0 aromatic heterocycles. The third kappa shape index (κ3) is 3.04. The summed E-state index contributed by atoms with van der Waals surface area (Å²) in [6.07, 6.45) is 1.42. The van der Waals surface area contributed by atoms with Crippen LogP contribution < -0.4 is 9.47 Å². The van der Waals surface area contributed by atoms with E-state index >= 15 is 0 Å². The lowest BCUT2D eigenvalue weighted by molar-refractivity contribution is -0.142. The maximum Gasteiger partial charge on any atom is 0.308 e. The molecule has 7 heteroatoms. The summed E-state index contributed by atoms with van der Waals surface area (Å²) in [5, 5.41) is 9.63. The lowest BCUT2D eigenvalue weighted by atomic mass is 9.89. The first-order valence-electron chi connectivity index (χ1n) is 8.62. The maximum atomic E-state index is 12.8. The van der Waals surface area contributed by atoms with Crippen LogP contribution in [0.15, 0.2) is 18.2 Å². The zero-order valence-electron chi connectivity index (χ0n) is 13.8. The molecule has 0 saturated carbocycles. The number of likely N-dealkylation sites (tertiary alicyclic amines) is 1. The molecule has 3 aliphatic heterocycles. The van der Waals surface area contributed by atoms with Crippen molar-refractivity contribution in [2.75, 3.05) is 33.1 Å². The highest BCUT2D eigenvalue weighted by molar-refractivity contribution is 5.81. The Bertz CT molecular complexity index is 684. The number of fused-ring (bicyclic) bond motifs is 1. The standard InChI is InChI=1S/C18H21NO6/c20-17(11-3-5-23-6-4-11)19-8-13(14(9-19)18(21)22)12-1-2-15-16(7-12)25-10-24-15/h1-2,7,11,13-14H,3-6,8-10H2,(H,21,22)/t13-,14+/m0/s1. The molecule has 4 rings (SSSR count). The van der Waals surface area contributed by atoms with Gasteiger partial charge in [0.05, 0.1) is 5.92 Å². The number of hydrogen-bond donors (Lipinski definition) is 1. The molecule has 0 radical (unpaired) electrons. The van der Waals surface area contributed by atoms with Crippen LogP contribution in [-0.2, 0) is 14.3 Å². The summed E-state index contributed by atoms with van der Waals surface area (Å²) in [6, 6.07) is 5.52. The third-order valence-electron chi connectivity index (χ3n) is 5.34. The molecular weight excluding hydrogens is 326 g/mol. The van der Waals surface area contributed by atoms with Gasteiger partial charge in [0.1, 0.15) is 0 Å². The molecule has 0 unspecified atom stereocenters. The van der Waals surface area contributed by atoms with Crippen molar-refractivity contribution < 1.29 is 28.9 Å². The van der Waals surface area contributed by atoms with E-state index in [1.54, 1.807) is 11.0 Å². The van der Waals surface area contributed by atoms with Crippen LogP contribution in [0.4, 0.5) is 0 Å². The van der Waals surface area contributed by atoms with Crippen molar-refractivity contribution in [3.05, 3.63) is 23.8 Å². The summed E-state index contributed by atoms with van der Waals surface area (Å²) in [7, 11) is 0. The summed E-state index contributed by atoms with van der Waals surface area (Å²) >= 11 is 0. The second kappa shape index (κ2) is 6.55. The van der Waals surface area contributed by atoms with Crippen molar-refractivity contribution in [2.45, 2.75) is 18.8 Å². The quantitative estimate of drug-likeness (QED) is 0.891. The number of carboxylic acid groups (broad SMARTS) is 1. The topological polar surface area (TPSA) is 85.3 Å². The molecule has 0 aliphatic carbocycles. The second-order valence-corrected chi connectivity index (χ2v) is 6.79. The summed E-state index contributed by atoms with van der Waals surface area (Å²) in [6.45, 7) is 2.05. The van der Waals surface area contributed by atoms with Crippen molar-refractivity contribution in [2.24, 2.45) is 11.8 Å². The van der Waals surface area contributed by atoms with Crippen LogP contribution in [0.3, 0.4) is 0 Å². The smallest absolute Gasteiger partial charge is 0.308 e. The molecule has 134 valence electrons. The Morgan fingerprint density at radius 2 is 1.84 bits per heavy atom. The van der Waals surface area contributed by atoms with Gasteiger partial charge in [0.15, 0.2) is 11.5 Å². The average molecular weight is 347 g/mol. The fraction of sp³-hybridized carbons (Fsp3) is 0.556. The van der Waals surface area contributed by atoms with Crippen LogP contribution >= 0.6 is 0 Å². The number of amides is 1. The van der Waals surface area contributed by atoms with Crippen molar-refractivity contribution in [3.8, 4) is 11.5 Å². The van der Waals surface area contributed by atoms with Gasteiger partial charge in [-0.1, -0.05) is 6.07 Å². The van der Waals surface area contributed by atoms with Gasteiger partial charge in [0.25, 0.3) is 0 Å². The fourth-order valence-corrected chi connectivity index (χ4v) is 3.92. The highest BCUT2D eigenvalue weighted by Gasteiger charge is 2.42. The summed E-state index contributed by atoms with van der Waals surface area (Å²) < 4.78 is 16.0. The summed E-state index contributed by atoms with van der Waals surface area (Å²) in [5.74, 6) is -0.416. The van der Waals surface area contributed by atoms with E-state index in [4.69, 9.17) is 14.2 Å². The van der Waals surface area contributed by atoms with Crippen LogP contribution in [-0.4, -0.2) is 55.0 Å². The van der Waals surface area contributed by atoms with E-state index < -0.39 is 11.9 Å². The third-order valence-corrected chi connectivity index (χ3v) is 5.34. The highest BCUT2D eigenvalue weighted by Crippen LogP contribution is 2.40. The number of carbonyl (C=O) groups excluding carboxylic acids is 1. The Balaban J connectivity index is 1.54. The van der Waals surface area contributed by atoms with Gasteiger partial charge in [-0.25, -0.2) is 0 Å². The van der Waals surface area contributed by atoms with E-state index in [1.165, 1.54) is 0 Å². The van der Waals surface area contributed by atoms with Crippen molar-refractivity contribution in [1.29, 1.82) is 0 Å². The van der Waals surface area contributed by atoms with E-state index in [9.17, 15) is 14.7 Å². The van der Waals surface area contributed by atoms with Crippen LogP contribution in [0.5, 0.6) is 11.5 Å². The van der Waals surface area contributed by atoms with E-state index in [1.807, 2.05) is 12.1 Å². The molecule has 1 N–H and O–H groups in total.